The molecule has 1 heterocycles. The number of amidine groups is 1. The fourth-order valence-corrected chi connectivity index (χ4v) is 4.43. The molecule has 4 rings (SSSR count). The Morgan fingerprint density at radius 2 is 1.97 bits per heavy atom. The molecule has 0 bridgehead atoms. The molecule has 8 heteroatoms. The number of rotatable bonds is 5. The van der Waals surface area contributed by atoms with Crippen molar-refractivity contribution in [2.75, 3.05) is 7.11 Å². The molecule has 3 aromatic rings. The Morgan fingerprint density at radius 3 is 2.75 bits per heavy atom. The van der Waals surface area contributed by atoms with Crippen LogP contribution in [0, 0.1) is 0 Å². The van der Waals surface area contributed by atoms with E-state index < -0.39 is 5.91 Å². The maximum atomic E-state index is 12.1. The third-order valence-electron chi connectivity index (χ3n) is 4.70. The average molecular weight is 467 g/mol. The summed E-state index contributed by atoms with van der Waals surface area (Å²) in [5.41, 5.74) is 1.68. The lowest BCUT2D eigenvalue weighted by Gasteiger charge is -2.14. The molecule has 0 saturated carbocycles. The summed E-state index contributed by atoms with van der Waals surface area (Å²) >= 11 is 7.59. The van der Waals surface area contributed by atoms with Crippen LogP contribution in [0.2, 0.25) is 5.02 Å². The zero-order valence-corrected chi connectivity index (χ0v) is 18.9. The molecule has 0 spiro atoms. The largest absolute Gasteiger partial charge is 0.493 e. The summed E-state index contributed by atoms with van der Waals surface area (Å²) in [4.78, 5) is 27.5. The molecule has 0 atom stereocenters. The maximum absolute atomic E-state index is 12.1. The molecule has 0 radical (unpaired) electrons. The molecule has 6 nitrogen and oxygen atoms in total. The number of carbonyl (C=O) groups excluding carboxylic acids is 2. The Bertz CT molecular complexity index is 1280. The summed E-state index contributed by atoms with van der Waals surface area (Å²) < 4.78 is 11.5. The zero-order valence-electron chi connectivity index (χ0n) is 17.3. The lowest BCUT2D eigenvalue weighted by Crippen LogP contribution is -2.23. The molecule has 1 N–H and O–H groups in total. The van der Waals surface area contributed by atoms with Crippen molar-refractivity contribution in [1.29, 1.82) is 0 Å². The van der Waals surface area contributed by atoms with Crippen molar-refractivity contribution >= 4 is 57.2 Å². The number of methoxy groups -OCH3 is 1. The smallest absolute Gasteiger partial charge is 0.286 e. The fraction of sp³-hybridized carbons (Fsp3) is 0.125. The summed E-state index contributed by atoms with van der Waals surface area (Å²) in [6.07, 6.45) is 1.65. The Morgan fingerprint density at radius 1 is 1.19 bits per heavy atom. The van der Waals surface area contributed by atoms with Crippen molar-refractivity contribution in [2.24, 2.45) is 4.99 Å². The van der Waals surface area contributed by atoms with E-state index in [0.29, 0.717) is 33.6 Å². The van der Waals surface area contributed by atoms with Gasteiger partial charge in [-0.1, -0.05) is 54.1 Å². The third-order valence-corrected chi connectivity index (χ3v) is 5.88. The number of fused-ring (bicyclic) bond motifs is 1. The molecule has 0 aromatic heterocycles. The summed E-state index contributed by atoms with van der Waals surface area (Å²) in [5, 5.41) is 5.37. The number of ether oxygens (including phenoxy) is 2. The van der Waals surface area contributed by atoms with Crippen LogP contribution in [0.5, 0.6) is 11.5 Å². The highest BCUT2D eigenvalue weighted by atomic mass is 35.5. The number of nitrogens with one attached hydrogen (secondary N) is 1. The lowest BCUT2D eigenvalue weighted by molar-refractivity contribution is -0.117. The number of hydrogen-bond acceptors (Lipinski definition) is 5. The minimum Gasteiger partial charge on any atom is -0.493 e. The molecule has 0 fully saturated rings. The normalized spacial score (nSPS) is 14.5. The van der Waals surface area contributed by atoms with Gasteiger partial charge >= 0.3 is 0 Å². The predicted molar refractivity (Wildman–Crippen MR) is 128 cm³/mol. The molecular formula is C24H19ClN2O4S. The van der Waals surface area contributed by atoms with Gasteiger partial charge in [-0.15, -0.1) is 0 Å². The van der Waals surface area contributed by atoms with Crippen LogP contribution in [0.3, 0.4) is 0 Å². The number of halogens is 1. The summed E-state index contributed by atoms with van der Waals surface area (Å²) in [6.45, 7) is 1.68. The van der Waals surface area contributed by atoms with Crippen molar-refractivity contribution < 1.29 is 19.1 Å². The maximum Gasteiger partial charge on any atom is 0.286 e. The molecule has 1 aliphatic heterocycles. The number of nitrogens with zero attached hydrogens (tertiary/aromatic N) is 1. The Hall–Kier alpha value is -3.29. The summed E-state index contributed by atoms with van der Waals surface area (Å²) in [6, 6.07) is 17.6. The number of amides is 2. The van der Waals surface area contributed by atoms with E-state index in [1.165, 1.54) is 14.0 Å². The molecule has 162 valence electrons. The van der Waals surface area contributed by atoms with Gasteiger partial charge in [-0.3, -0.25) is 9.59 Å². The van der Waals surface area contributed by atoms with E-state index in [0.717, 1.165) is 28.1 Å². The van der Waals surface area contributed by atoms with E-state index in [-0.39, 0.29) is 11.1 Å². The number of thioether (sulfide) groups is 1. The second-order valence-electron chi connectivity index (χ2n) is 6.98. The first-order valence-corrected chi connectivity index (χ1v) is 10.9. The highest BCUT2D eigenvalue weighted by molar-refractivity contribution is 8.18. The molecule has 32 heavy (non-hydrogen) atoms. The van der Waals surface area contributed by atoms with Crippen molar-refractivity contribution in [3.63, 3.8) is 0 Å². The second-order valence-corrected chi connectivity index (χ2v) is 8.41. The van der Waals surface area contributed by atoms with Gasteiger partial charge in [0.1, 0.15) is 6.61 Å². The Kier molecular flexibility index (Phi) is 6.48. The van der Waals surface area contributed by atoms with Gasteiger partial charge in [-0.25, -0.2) is 0 Å². The van der Waals surface area contributed by atoms with Crippen LogP contribution < -0.4 is 14.8 Å². The van der Waals surface area contributed by atoms with Gasteiger partial charge in [-0.05, 0) is 51.9 Å². The van der Waals surface area contributed by atoms with Gasteiger partial charge in [0.2, 0.25) is 5.91 Å². The van der Waals surface area contributed by atoms with Crippen LogP contribution in [0.15, 0.2) is 64.5 Å². The molecule has 0 unspecified atom stereocenters. The van der Waals surface area contributed by atoms with Gasteiger partial charge in [0.05, 0.1) is 17.0 Å². The first-order chi connectivity index (χ1) is 15.4. The monoisotopic (exact) mass is 466 g/mol. The van der Waals surface area contributed by atoms with Gasteiger partial charge < -0.3 is 14.8 Å². The minimum absolute atomic E-state index is 0.252. The Balaban J connectivity index is 1.56. The fourth-order valence-electron chi connectivity index (χ4n) is 3.30. The van der Waals surface area contributed by atoms with E-state index in [1.807, 2.05) is 24.3 Å². The van der Waals surface area contributed by atoms with E-state index in [9.17, 15) is 9.59 Å². The lowest BCUT2D eigenvalue weighted by atomic mass is 10.1. The van der Waals surface area contributed by atoms with Crippen molar-refractivity contribution in [2.45, 2.75) is 13.5 Å². The quantitative estimate of drug-likeness (QED) is 0.524. The second kappa shape index (κ2) is 9.46. The first kappa shape index (κ1) is 21.9. The van der Waals surface area contributed by atoms with Gasteiger partial charge in [-0.2, -0.15) is 4.99 Å². The number of benzene rings is 3. The summed E-state index contributed by atoms with van der Waals surface area (Å²) in [7, 11) is 1.53. The highest BCUT2D eigenvalue weighted by Crippen LogP contribution is 2.39. The molecule has 0 aliphatic carbocycles. The minimum atomic E-state index is -0.426. The van der Waals surface area contributed by atoms with Crippen molar-refractivity contribution in [3.05, 3.63) is 75.7 Å². The topological polar surface area (TPSA) is 77.0 Å². The number of hydrogen-bond donors (Lipinski definition) is 1. The van der Waals surface area contributed by atoms with Crippen molar-refractivity contribution in [3.8, 4) is 11.5 Å². The third kappa shape index (κ3) is 4.79. The average Bonchev–Trinajstić information content (AvgIpc) is 3.10. The van der Waals surface area contributed by atoms with Crippen molar-refractivity contribution in [1.82, 2.24) is 5.32 Å². The van der Waals surface area contributed by atoms with E-state index in [2.05, 4.69) is 28.5 Å². The van der Waals surface area contributed by atoms with Crippen LogP contribution in [0.1, 0.15) is 18.1 Å². The highest BCUT2D eigenvalue weighted by Gasteiger charge is 2.23. The van der Waals surface area contributed by atoms with E-state index in [4.69, 9.17) is 21.1 Å². The van der Waals surface area contributed by atoms with E-state index >= 15 is 0 Å². The Labute approximate surface area is 194 Å². The van der Waals surface area contributed by atoms with Gasteiger partial charge in [0, 0.05) is 6.92 Å². The van der Waals surface area contributed by atoms with Crippen LogP contribution >= 0.6 is 23.4 Å². The van der Waals surface area contributed by atoms with Crippen LogP contribution in [0.4, 0.5) is 0 Å². The van der Waals surface area contributed by atoms with Gasteiger partial charge in [0.15, 0.2) is 16.7 Å². The molecule has 0 saturated heterocycles. The zero-order chi connectivity index (χ0) is 22.7. The van der Waals surface area contributed by atoms with Crippen LogP contribution in [-0.2, 0) is 16.2 Å². The molecular weight excluding hydrogens is 448 g/mol. The molecule has 3 aromatic carbocycles. The van der Waals surface area contributed by atoms with E-state index in [1.54, 1.807) is 18.2 Å². The molecule has 1 aliphatic rings. The molecule has 2 amide bonds. The number of aliphatic imine (C=N–C) groups is 1. The standard InChI is InChI=1S/C24H19ClN2O4S/c1-14(28)26-24-27-23(29)21(32-24)12-15-10-19(25)22(20(11-15)30-2)31-13-17-8-5-7-16-6-3-4-9-18(16)17/h3-12H,13H2,1-2H3,(H,26,27,28,29). The summed E-state index contributed by atoms with van der Waals surface area (Å²) in [5.74, 6) is 0.153. The SMILES string of the molecule is COc1cc(C=C2SC(NC(C)=O)=NC2=O)cc(Cl)c1OCc1cccc2ccccc12. The van der Waals surface area contributed by atoms with Crippen LogP contribution in [-0.4, -0.2) is 24.1 Å². The number of carbonyl (C=O) groups is 2. The first-order valence-electron chi connectivity index (χ1n) is 9.71. The van der Waals surface area contributed by atoms with Crippen LogP contribution in [0.25, 0.3) is 16.8 Å². The van der Waals surface area contributed by atoms with Gasteiger partial charge in [0.25, 0.3) is 5.91 Å². The predicted octanol–water partition coefficient (Wildman–Crippen LogP) is 5.19.